The smallest absolute Gasteiger partial charge is 0.170 e. The first-order valence-electron chi connectivity index (χ1n) is 7.23. The quantitative estimate of drug-likeness (QED) is 0.688. The Morgan fingerprint density at radius 1 is 1.22 bits per heavy atom. The average molecular weight is 413 g/mol. The Bertz CT molecular complexity index is 676. The fourth-order valence-electron chi connectivity index (χ4n) is 2.01. The summed E-state index contributed by atoms with van der Waals surface area (Å²) in [6, 6.07) is 14.1. The summed E-state index contributed by atoms with van der Waals surface area (Å²) in [5, 5.41) is 7.56. The average Bonchev–Trinajstić information content (AvgIpc) is 2.51. The van der Waals surface area contributed by atoms with Gasteiger partial charge in [0.05, 0.1) is 5.02 Å². The van der Waals surface area contributed by atoms with Crippen molar-refractivity contribution in [1.82, 2.24) is 5.32 Å². The van der Waals surface area contributed by atoms with Crippen molar-refractivity contribution >= 4 is 56.2 Å². The van der Waals surface area contributed by atoms with Crippen molar-refractivity contribution < 1.29 is 0 Å². The van der Waals surface area contributed by atoms with Gasteiger partial charge in [-0.1, -0.05) is 29.3 Å². The van der Waals surface area contributed by atoms with E-state index in [1.165, 1.54) is 11.3 Å². The van der Waals surface area contributed by atoms with Crippen molar-refractivity contribution in [1.29, 1.82) is 0 Å². The highest BCUT2D eigenvalue weighted by atomic mass is 79.9. The molecule has 122 valence electrons. The zero-order valence-electron chi connectivity index (χ0n) is 13.1. The highest BCUT2D eigenvalue weighted by molar-refractivity contribution is 9.10. The van der Waals surface area contributed by atoms with Gasteiger partial charge < -0.3 is 15.5 Å². The van der Waals surface area contributed by atoms with Crippen LogP contribution in [0.4, 0.5) is 11.4 Å². The van der Waals surface area contributed by atoms with Gasteiger partial charge in [0.2, 0.25) is 0 Å². The maximum absolute atomic E-state index is 6.06. The molecule has 0 aliphatic carbocycles. The molecule has 0 bridgehead atoms. The second-order valence-corrected chi connectivity index (χ2v) is 6.94. The molecule has 2 aromatic rings. The van der Waals surface area contributed by atoms with E-state index in [-0.39, 0.29) is 0 Å². The van der Waals surface area contributed by atoms with Crippen molar-refractivity contribution in [2.45, 2.75) is 6.92 Å². The molecule has 0 radical (unpaired) electrons. The van der Waals surface area contributed by atoms with Gasteiger partial charge in [0, 0.05) is 36.0 Å². The SMILES string of the molecule is Cc1ccc(N(C)CCNC(=S)Nc2ccc(Br)c(Cl)c2)cc1. The van der Waals surface area contributed by atoms with E-state index in [0.29, 0.717) is 10.1 Å². The molecule has 2 aromatic carbocycles. The summed E-state index contributed by atoms with van der Waals surface area (Å²) in [6.07, 6.45) is 0. The highest BCUT2D eigenvalue weighted by Crippen LogP contribution is 2.25. The number of aryl methyl sites for hydroxylation is 1. The predicted octanol–water partition coefficient (Wildman–Crippen LogP) is 4.83. The van der Waals surface area contributed by atoms with Gasteiger partial charge in [0.15, 0.2) is 5.11 Å². The number of halogens is 2. The molecule has 0 unspecified atom stereocenters. The summed E-state index contributed by atoms with van der Waals surface area (Å²) in [7, 11) is 2.07. The number of thiocarbonyl (C=S) groups is 1. The molecule has 0 aliphatic rings. The number of nitrogens with one attached hydrogen (secondary N) is 2. The van der Waals surface area contributed by atoms with E-state index >= 15 is 0 Å². The zero-order valence-corrected chi connectivity index (χ0v) is 16.2. The minimum absolute atomic E-state index is 0.584. The lowest BCUT2D eigenvalue weighted by atomic mass is 10.2. The maximum atomic E-state index is 6.06. The first-order chi connectivity index (χ1) is 11.0. The van der Waals surface area contributed by atoms with Crippen LogP contribution in [0.5, 0.6) is 0 Å². The lowest BCUT2D eigenvalue weighted by molar-refractivity contribution is 0.827. The summed E-state index contributed by atoms with van der Waals surface area (Å²) < 4.78 is 0.864. The molecule has 0 aliphatic heterocycles. The van der Waals surface area contributed by atoms with Crippen LogP contribution in [0.15, 0.2) is 46.9 Å². The van der Waals surface area contributed by atoms with Gasteiger partial charge in [-0.15, -0.1) is 0 Å². The van der Waals surface area contributed by atoms with Crippen LogP contribution < -0.4 is 15.5 Å². The molecule has 2 N–H and O–H groups in total. The molecule has 0 fully saturated rings. The molecule has 0 saturated carbocycles. The largest absolute Gasteiger partial charge is 0.373 e. The van der Waals surface area contributed by atoms with Crippen LogP contribution >= 0.6 is 39.7 Å². The fraction of sp³-hybridized carbons (Fsp3) is 0.235. The van der Waals surface area contributed by atoms with E-state index < -0.39 is 0 Å². The van der Waals surface area contributed by atoms with Crippen LogP contribution in [0.3, 0.4) is 0 Å². The summed E-state index contributed by atoms with van der Waals surface area (Å²) in [6.45, 7) is 3.69. The Balaban J connectivity index is 1.78. The molecule has 23 heavy (non-hydrogen) atoms. The van der Waals surface area contributed by atoms with E-state index in [2.05, 4.69) is 69.7 Å². The number of nitrogens with zero attached hydrogens (tertiary/aromatic N) is 1. The molecule has 0 saturated heterocycles. The molecule has 0 amide bonds. The molecule has 0 heterocycles. The summed E-state index contributed by atoms with van der Waals surface area (Å²) >= 11 is 14.7. The van der Waals surface area contributed by atoms with Gasteiger partial charge in [-0.05, 0) is 65.4 Å². The lowest BCUT2D eigenvalue weighted by Crippen LogP contribution is -2.35. The maximum Gasteiger partial charge on any atom is 0.170 e. The third-order valence-electron chi connectivity index (χ3n) is 3.38. The van der Waals surface area contributed by atoms with Gasteiger partial charge in [-0.25, -0.2) is 0 Å². The number of anilines is 2. The Morgan fingerprint density at radius 2 is 1.91 bits per heavy atom. The van der Waals surface area contributed by atoms with Gasteiger partial charge in [0.25, 0.3) is 0 Å². The standard InChI is InChI=1S/C17H19BrClN3S/c1-12-3-6-14(7-4-12)22(2)10-9-20-17(23)21-13-5-8-15(18)16(19)11-13/h3-8,11H,9-10H2,1-2H3,(H2,20,21,23). The summed E-state index contributed by atoms with van der Waals surface area (Å²) in [4.78, 5) is 2.19. The van der Waals surface area contributed by atoms with Crippen LogP contribution in [0, 0.1) is 6.92 Å². The van der Waals surface area contributed by atoms with Crippen molar-refractivity contribution in [2.24, 2.45) is 0 Å². The molecule has 6 heteroatoms. The number of benzene rings is 2. The third-order valence-corrected chi connectivity index (χ3v) is 4.86. The van der Waals surface area contributed by atoms with Crippen molar-refractivity contribution in [3.05, 3.63) is 57.5 Å². The second-order valence-electron chi connectivity index (χ2n) is 5.27. The van der Waals surface area contributed by atoms with Crippen LogP contribution in [-0.2, 0) is 0 Å². The lowest BCUT2D eigenvalue weighted by Gasteiger charge is -2.20. The molecule has 0 atom stereocenters. The Morgan fingerprint density at radius 3 is 2.57 bits per heavy atom. The third kappa shape index (κ3) is 5.68. The monoisotopic (exact) mass is 411 g/mol. The van der Waals surface area contributed by atoms with E-state index in [4.69, 9.17) is 23.8 Å². The first-order valence-corrected chi connectivity index (χ1v) is 8.81. The van der Waals surface area contributed by atoms with Gasteiger partial charge in [-0.3, -0.25) is 0 Å². The van der Waals surface area contributed by atoms with E-state index in [1.54, 1.807) is 0 Å². The molecule has 2 rings (SSSR count). The second kappa shape index (κ2) is 8.52. The van der Waals surface area contributed by atoms with Gasteiger partial charge in [-0.2, -0.15) is 0 Å². The summed E-state index contributed by atoms with van der Waals surface area (Å²) in [5.74, 6) is 0. The van der Waals surface area contributed by atoms with Crippen molar-refractivity contribution in [2.75, 3.05) is 30.4 Å². The minimum Gasteiger partial charge on any atom is -0.373 e. The number of hydrogen-bond donors (Lipinski definition) is 2. The van der Waals surface area contributed by atoms with E-state index in [9.17, 15) is 0 Å². The number of rotatable bonds is 5. The Labute approximate surface area is 156 Å². The van der Waals surface area contributed by atoms with Crippen molar-refractivity contribution in [3.8, 4) is 0 Å². The van der Waals surface area contributed by atoms with Crippen LogP contribution in [0.1, 0.15) is 5.56 Å². The fourth-order valence-corrected chi connectivity index (χ4v) is 2.66. The molecular weight excluding hydrogens is 394 g/mol. The van der Waals surface area contributed by atoms with Crippen LogP contribution in [-0.4, -0.2) is 25.2 Å². The molecule has 0 spiro atoms. The van der Waals surface area contributed by atoms with E-state index in [0.717, 1.165) is 23.2 Å². The Kier molecular flexibility index (Phi) is 6.69. The first kappa shape index (κ1) is 18.0. The van der Waals surface area contributed by atoms with Gasteiger partial charge in [0.1, 0.15) is 0 Å². The molecule has 3 nitrogen and oxygen atoms in total. The minimum atomic E-state index is 0.584. The number of hydrogen-bond acceptors (Lipinski definition) is 2. The van der Waals surface area contributed by atoms with E-state index in [1.807, 2.05) is 18.2 Å². The molecule has 0 aromatic heterocycles. The van der Waals surface area contributed by atoms with Crippen LogP contribution in [0.2, 0.25) is 5.02 Å². The summed E-state index contributed by atoms with van der Waals surface area (Å²) in [5.41, 5.74) is 3.32. The Hall–Kier alpha value is -1.30. The zero-order chi connectivity index (χ0) is 16.8. The van der Waals surface area contributed by atoms with Crippen molar-refractivity contribution in [3.63, 3.8) is 0 Å². The van der Waals surface area contributed by atoms with Crippen LogP contribution in [0.25, 0.3) is 0 Å². The topological polar surface area (TPSA) is 27.3 Å². The highest BCUT2D eigenvalue weighted by Gasteiger charge is 2.03. The predicted molar refractivity (Wildman–Crippen MR) is 108 cm³/mol. The van der Waals surface area contributed by atoms with Gasteiger partial charge >= 0.3 is 0 Å². The molecular formula is C17H19BrClN3S. The number of likely N-dealkylation sites (N-methyl/N-ethyl adjacent to an activating group) is 1. The normalized spacial score (nSPS) is 10.3.